The first-order valence-corrected chi connectivity index (χ1v) is 11.4. The van der Waals surface area contributed by atoms with Crippen molar-refractivity contribution in [3.63, 3.8) is 0 Å². The van der Waals surface area contributed by atoms with E-state index in [4.69, 9.17) is 17.0 Å². The summed E-state index contributed by atoms with van der Waals surface area (Å²) in [5.74, 6) is 0.220. The monoisotopic (exact) mass is 420 g/mol. The second-order valence-electron chi connectivity index (χ2n) is 7.60. The number of aryl methyl sites for hydroxylation is 1. The number of fused-ring (bicyclic) bond motifs is 1. The van der Waals surface area contributed by atoms with E-state index in [1.807, 2.05) is 12.1 Å². The van der Waals surface area contributed by atoms with Gasteiger partial charge in [-0.25, -0.2) is 0 Å². The van der Waals surface area contributed by atoms with E-state index in [0.29, 0.717) is 0 Å². The smallest absolute Gasteiger partial charge is 0.316 e. The number of amides is 1. The molecule has 1 aromatic rings. The van der Waals surface area contributed by atoms with Crippen LogP contribution in [0.2, 0.25) is 0 Å². The van der Waals surface area contributed by atoms with Crippen molar-refractivity contribution < 1.29 is 14.3 Å². The maximum atomic E-state index is 12.2. The van der Waals surface area contributed by atoms with E-state index in [1.165, 1.54) is 22.9 Å². The highest BCUT2D eigenvalue weighted by molar-refractivity contribution is 8.23. The molecule has 1 amide bonds. The van der Waals surface area contributed by atoms with Crippen LogP contribution in [0, 0.1) is 5.92 Å². The Balaban J connectivity index is 1.37. The Kier molecular flexibility index (Phi) is 7.73. The third kappa shape index (κ3) is 5.95. The van der Waals surface area contributed by atoms with Crippen molar-refractivity contribution >= 4 is 40.2 Å². The van der Waals surface area contributed by atoms with Crippen LogP contribution in [0.4, 0.5) is 0 Å². The third-order valence-corrected chi connectivity index (χ3v) is 6.92. The molecule has 1 saturated heterocycles. The number of esters is 1. The number of thioether (sulfide) groups is 1. The fraction of sp³-hybridized carbons (Fsp3) is 0.571. The van der Waals surface area contributed by atoms with Crippen LogP contribution in [-0.2, 0) is 20.7 Å². The normalized spacial score (nSPS) is 19.6. The summed E-state index contributed by atoms with van der Waals surface area (Å²) in [5.41, 5.74) is 2.46. The van der Waals surface area contributed by atoms with Crippen LogP contribution >= 0.6 is 24.0 Å². The molecule has 1 aliphatic heterocycles. The van der Waals surface area contributed by atoms with Crippen LogP contribution in [-0.4, -0.2) is 46.5 Å². The molecule has 0 spiro atoms. The lowest BCUT2D eigenvalue weighted by Gasteiger charge is -2.31. The molecule has 1 atom stereocenters. The zero-order chi connectivity index (χ0) is 19.9. The number of ether oxygens (including phenoxy) is 1. The van der Waals surface area contributed by atoms with Crippen molar-refractivity contribution in [1.82, 2.24) is 10.2 Å². The molecule has 1 fully saturated rings. The summed E-state index contributed by atoms with van der Waals surface area (Å²) in [6, 6.07) is 8.19. The molecule has 1 heterocycles. The predicted octanol–water partition coefficient (Wildman–Crippen LogP) is 3.47. The van der Waals surface area contributed by atoms with Crippen molar-refractivity contribution in [2.75, 3.05) is 25.4 Å². The Hall–Kier alpha value is -1.60. The molecule has 0 saturated carbocycles. The van der Waals surface area contributed by atoms with Crippen LogP contribution in [0.5, 0.6) is 0 Å². The van der Waals surface area contributed by atoms with Crippen LogP contribution in [0.25, 0.3) is 0 Å². The van der Waals surface area contributed by atoms with Crippen molar-refractivity contribution in [3.8, 4) is 0 Å². The zero-order valence-corrected chi connectivity index (χ0v) is 17.9. The molecular weight excluding hydrogens is 392 g/mol. The van der Waals surface area contributed by atoms with Crippen LogP contribution in [0.15, 0.2) is 24.3 Å². The summed E-state index contributed by atoms with van der Waals surface area (Å²) in [6.07, 6.45) is 5.27. The van der Waals surface area contributed by atoms with E-state index in [1.54, 1.807) is 0 Å². The zero-order valence-electron chi connectivity index (χ0n) is 16.3. The number of piperidine rings is 1. The minimum atomic E-state index is -0.406. The minimum Gasteiger partial charge on any atom is -0.455 e. The number of likely N-dealkylation sites (tertiary alicyclic amines) is 1. The summed E-state index contributed by atoms with van der Waals surface area (Å²) in [5, 5.41) is 2.99. The van der Waals surface area contributed by atoms with Gasteiger partial charge in [0, 0.05) is 13.1 Å². The van der Waals surface area contributed by atoms with Gasteiger partial charge in [0.2, 0.25) is 0 Å². The van der Waals surface area contributed by atoms with Gasteiger partial charge in [-0.2, -0.15) is 0 Å². The summed E-state index contributed by atoms with van der Waals surface area (Å²) >= 11 is 6.74. The van der Waals surface area contributed by atoms with Crippen molar-refractivity contribution in [2.45, 2.75) is 45.1 Å². The largest absolute Gasteiger partial charge is 0.455 e. The van der Waals surface area contributed by atoms with E-state index < -0.39 is 5.97 Å². The molecule has 0 unspecified atom stereocenters. The lowest BCUT2D eigenvalue weighted by molar-refractivity contribution is -0.146. The molecule has 28 heavy (non-hydrogen) atoms. The Labute approximate surface area is 176 Å². The van der Waals surface area contributed by atoms with E-state index in [2.05, 4.69) is 29.3 Å². The molecule has 0 radical (unpaired) electrons. The number of thiocarbonyl (C=S) groups is 1. The Morgan fingerprint density at radius 1 is 1.25 bits per heavy atom. The van der Waals surface area contributed by atoms with Crippen LogP contribution in [0.1, 0.15) is 49.8 Å². The third-order valence-electron chi connectivity index (χ3n) is 5.42. The van der Waals surface area contributed by atoms with Crippen molar-refractivity contribution in [2.24, 2.45) is 5.92 Å². The highest BCUT2D eigenvalue weighted by Crippen LogP contribution is 2.29. The topological polar surface area (TPSA) is 58.6 Å². The molecule has 152 valence electrons. The number of rotatable bonds is 5. The fourth-order valence-electron chi connectivity index (χ4n) is 3.73. The summed E-state index contributed by atoms with van der Waals surface area (Å²) in [4.78, 5) is 26.3. The SMILES string of the molecule is CC1CCN(C(=S)SCC(=O)OCC(=O)N[C@@H]2CCCc3ccccc32)CC1. The lowest BCUT2D eigenvalue weighted by Crippen LogP contribution is -2.36. The predicted molar refractivity (Wildman–Crippen MR) is 116 cm³/mol. The summed E-state index contributed by atoms with van der Waals surface area (Å²) < 4.78 is 5.88. The van der Waals surface area contributed by atoms with Gasteiger partial charge in [0.1, 0.15) is 4.32 Å². The molecule has 0 bridgehead atoms. The molecule has 3 rings (SSSR count). The number of hydrogen-bond acceptors (Lipinski definition) is 5. The summed E-state index contributed by atoms with van der Waals surface area (Å²) in [6.45, 7) is 3.91. The quantitative estimate of drug-likeness (QED) is 0.581. The van der Waals surface area contributed by atoms with Gasteiger partial charge in [0.15, 0.2) is 6.61 Å². The minimum absolute atomic E-state index is 0.000372. The fourth-order valence-corrected chi connectivity index (χ4v) is 4.78. The number of hydrogen-bond donors (Lipinski definition) is 1. The van der Waals surface area contributed by atoms with E-state index in [0.717, 1.165) is 55.4 Å². The maximum Gasteiger partial charge on any atom is 0.316 e. The highest BCUT2D eigenvalue weighted by Gasteiger charge is 2.22. The van der Waals surface area contributed by atoms with Crippen LogP contribution < -0.4 is 5.32 Å². The first-order chi connectivity index (χ1) is 13.5. The maximum absolute atomic E-state index is 12.2. The number of nitrogens with one attached hydrogen (secondary N) is 1. The molecule has 1 aliphatic carbocycles. The van der Waals surface area contributed by atoms with Gasteiger partial charge in [0.25, 0.3) is 5.91 Å². The Morgan fingerprint density at radius 2 is 2.00 bits per heavy atom. The number of carbonyl (C=O) groups is 2. The standard InChI is InChI=1S/C21H28N2O3S2/c1-15-9-11-23(12-10-15)21(27)28-14-20(25)26-13-19(24)22-18-8-4-6-16-5-2-3-7-17(16)18/h2-3,5,7,15,18H,4,6,8-14H2,1H3,(H,22,24)/t18-/m1/s1. The number of benzene rings is 1. The highest BCUT2D eigenvalue weighted by atomic mass is 32.2. The molecule has 2 aliphatic rings. The molecule has 7 heteroatoms. The van der Waals surface area contributed by atoms with E-state index >= 15 is 0 Å². The van der Waals surface area contributed by atoms with Crippen molar-refractivity contribution in [3.05, 3.63) is 35.4 Å². The first kappa shape index (κ1) is 21.1. The molecule has 0 aromatic heterocycles. The molecule has 1 N–H and O–H groups in total. The number of carbonyl (C=O) groups excluding carboxylic acids is 2. The van der Waals surface area contributed by atoms with Crippen LogP contribution in [0.3, 0.4) is 0 Å². The van der Waals surface area contributed by atoms with E-state index in [9.17, 15) is 9.59 Å². The van der Waals surface area contributed by atoms with Gasteiger partial charge in [0.05, 0.1) is 11.8 Å². The lowest BCUT2D eigenvalue weighted by atomic mass is 9.88. The summed E-state index contributed by atoms with van der Waals surface area (Å²) in [7, 11) is 0. The average molecular weight is 421 g/mol. The molecular formula is C21H28N2O3S2. The Morgan fingerprint density at radius 3 is 2.79 bits per heavy atom. The van der Waals surface area contributed by atoms with Gasteiger partial charge < -0.3 is 15.0 Å². The second-order valence-corrected chi connectivity index (χ2v) is 9.21. The Bertz CT molecular complexity index is 717. The van der Waals surface area contributed by atoms with Gasteiger partial charge in [-0.05, 0) is 49.1 Å². The van der Waals surface area contributed by atoms with Gasteiger partial charge in [-0.3, -0.25) is 9.59 Å². The molecule has 5 nitrogen and oxygen atoms in total. The average Bonchev–Trinajstić information content (AvgIpc) is 2.71. The van der Waals surface area contributed by atoms with Gasteiger partial charge >= 0.3 is 5.97 Å². The van der Waals surface area contributed by atoms with E-state index in [-0.39, 0.29) is 24.3 Å². The van der Waals surface area contributed by atoms with Gasteiger partial charge in [-0.15, -0.1) is 0 Å². The first-order valence-electron chi connectivity index (χ1n) is 9.97. The van der Waals surface area contributed by atoms with Crippen molar-refractivity contribution in [1.29, 1.82) is 0 Å². The van der Waals surface area contributed by atoms with Gasteiger partial charge in [-0.1, -0.05) is 55.2 Å². The number of nitrogens with zero attached hydrogens (tertiary/aromatic N) is 1. The molecule has 1 aromatic carbocycles. The second kappa shape index (κ2) is 10.3.